The number of aliphatic hydroxyl groups excluding tert-OH is 1. The molecule has 1 fully saturated rings. The first kappa shape index (κ1) is 13.0. The van der Waals surface area contributed by atoms with Crippen molar-refractivity contribution in [2.24, 2.45) is 0 Å². The maximum Gasteiger partial charge on any atom is 0.331 e. The number of esters is 1. The molecule has 0 radical (unpaired) electrons. The minimum absolute atomic E-state index is 0.0719. The molecule has 1 rings (SSSR count). The van der Waals surface area contributed by atoms with E-state index in [1.54, 1.807) is 6.20 Å². The van der Waals surface area contributed by atoms with Crippen LogP contribution in [0, 0.1) is 0 Å². The van der Waals surface area contributed by atoms with Crippen molar-refractivity contribution in [3.63, 3.8) is 0 Å². The Bertz CT molecular complexity index is 234. The van der Waals surface area contributed by atoms with E-state index in [2.05, 4.69) is 9.64 Å². The second kappa shape index (κ2) is 7.24. The maximum absolute atomic E-state index is 10.9. The lowest BCUT2D eigenvalue weighted by Gasteiger charge is -2.30. The zero-order valence-corrected chi connectivity index (χ0v) is 9.59. The summed E-state index contributed by atoms with van der Waals surface area (Å²) >= 11 is 0. The first-order valence-electron chi connectivity index (χ1n) is 5.49. The Kier molecular flexibility index (Phi) is 5.88. The van der Waals surface area contributed by atoms with Gasteiger partial charge in [0.05, 0.1) is 26.4 Å². The molecule has 0 aliphatic carbocycles. The van der Waals surface area contributed by atoms with Gasteiger partial charge in [-0.2, -0.15) is 0 Å². The molecular formula is C11H19NO4. The zero-order valence-electron chi connectivity index (χ0n) is 9.59. The van der Waals surface area contributed by atoms with Crippen LogP contribution in [0.4, 0.5) is 0 Å². The molecule has 1 aliphatic heterocycles. The number of hydrogen-bond donors (Lipinski definition) is 1. The van der Waals surface area contributed by atoms with Crippen LogP contribution < -0.4 is 0 Å². The normalized spacial score (nSPS) is 18.0. The predicted octanol–water partition coefficient (Wildman–Crippen LogP) is 0.146. The largest absolute Gasteiger partial charge is 0.466 e. The lowest BCUT2D eigenvalue weighted by Crippen LogP contribution is -2.34. The van der Waals surface area contributed by atoms with Gasteiger partial charge >= 0.3 is 5.97 Å². The monoisotopic (exact) mass is 229 g/mol. The van der Waals surface area contributed by atoms with Crippen LogP contribution in [-0.4, -0.2) is 55.5 Å². The Morgan fingerprint density at radius 3 is 2.75 bits per heavy atom. The van der Waals surface area contributed by atoms with E-state index in [4.69, 9.17) is 9.84 Å². The van der Waals surface area contributed by atoms with Crippen LogP contribution in [-0.2, 0) is 14.3 Å². The number of hydrogen-bond acceptors (Lipinski definition) is 5. The van der Waals surface area contributed by atoms with Gasteiger partial charge in [0.2, 0.25) is 0 Å². The van der Waals surface area contributed by atoms with Gasteiger partial charge in [-0.1, -0.05) is 0 Å². The molecule has 0 saturated carbocycles. The molecular weight excluding hydrogens is 210 g/mol. The van der Waals surface area contributed by atoms with E-state index in [1.807, 2.05) is 0 Å². The van der Waals surface area contributed by atoms with E-state index in [9.17, 15) is 4.79 Å². The van der Waals surface area contributed by atoms with Gasteiger partial charge in [-0.3, -0.25) is 0 Å². The number of likely N-dealkylation sites (tertiary alicyclic amines) is 1. The number of carbonyl (C=O) groups is 1. The Balaban J connectivity index is 2.21. The molecule has 0 unspecified atom stereocenters. The summed E-state index contributed by atoms with van der Waals surface area (Å²) < 4.78 is 9.95. The molecule has 1 heterocycles. The predicted molar refractivity (Wildman–Crippen MR) is 58.8 cm³/mol. The molecule has 16 heavy (non-hydrogen) atoms. The van der Waals surface area contributed by atoms with Gasteiger partial charge in [0.1, 0.15) is 0 Å². The van der Waals surface area contributed by atoms with Gasteiger partial charge in [-0.05, 0) is 12.8 Å². The molecule has 1 aliphatic rings. The average Bonchev–Trinajstić information content (AvgIpc) is 2.34. The molecule has 0 spiro atoms. The Morgan fingerprint density at radius 1 is 1.50 bits per heavy atom. The minimum atomic E-state index is -0.335. The van der Waals surface area contributed by atoms with Gasteiger partial charge in [0.15, 0.2) is 0 Å². The van der Waals surface area contributed by atoms with Gasteiger partial charge < -0.3 is 19.5 Å². The van der Waals surface area contributed by atoms with Crippen LogP contribution >= 0.6 is 0 Å². The van der Waals surface area contributed by atoms with Crippen molar-refractivity contribution in [3.8, 4) is 0 Å². The maximum atomic E-state index is 10.9. The number of rotatable bonds is 5. The lowest BCUT2D eigenvalue weighted by atomic mass is 10.1. The third-order valence-electron chi connectivity index (χ3n) is 2.54. The quantitative estimate of drug-likeness (QED) is 0.537. The Labute approximate surface area is 95.6 Å². The fourth-order valence-electron chi connectivity index (χ4n) is 1.65. The lowest BCUT2D eigenvalue weighted by molar-refractivity contribution is -0.134. The van der Waals surface area contributed by atoms with Gasteiger partial charge in [-0.25, -0.2) is 4.79 Å². The number of aliphatic hydroxyl groups is 1. The van der Waals surface area contributed by atoms with Crippen molar-refractivity contribution in [3.05, 3.63) is 12.3 Å². The van der Waals surface area contributed by atoms with E-state index in [-0.39, 0.29) is 18.7 Å². The summed E-state index contributed by atoms with van der Waals surface area (Å²) in [6.07, 6.45) is 5.26. The third kappa shape index (κ3) is 4.63. The molecule has 5 nitrogen and oxygen atoms in total. The van der Waals surface area contributed by atoms with Gasteiger partial charge in [0, 0.05) is 25.4 Å². The van der Waals surface area contributed by atoms with Crippen molar-refractivity contribution in [2.75, 3.05) is 33.4 Å². The molecule has 0 aromatic heterocycles. The molecule has 92 valence electrons. The van der Waals surface area contributed by atoms with Crippen LogP contribution in [0.2, 0.25) is 0 Å². The van der Waals surface area contributed by atoms with Crippen LogP contribution in [0.5, 0.6) is 0 Å². The van der Waals surface area contributed by atoms with Crippen molar-refractivity contribution >= 4 is 5.97 Å². The topological polar surface area (TPSA) is 59.0 Å². The standard InChI is InChI=1S/C11H19NO4/c1-15-11(14)4-7-12-5-2-10(3-6-12)16-9-8-13/h4,7,10,13H,2-3,5-6,8-9H2,1H3/b7-4+. The molecule has 0 aromatic carbocycles. The van der Waals surface area contributed by atoms with Crippen LogP contribution in [0.3, 0.4) is 0 Å². The highest BCUT2D eigenvalue weighted by molar-refractivity contribution is 5.81. The van der Waals surface area contributed by atoms with E-state index >= 15 is 0 Å². The van der Waals surface area contributed by atoms with Crippen LogP contribution in [0.1, 0.15) is 12.8 Å². The molecule has 0 bridgehead atoms. The van der Waals surface area contributed by atoms with Crippen molar-refractivity contribution in [1.82, 2.24) is 4.90 Å². The summed E-state index contributed by atoms with van der Waals surface area (Å²) in [5.74, 6) is -0.335. The summed E-state index contributed by atoms with van der Waals surface area (Å²) in [5, 5.41) is 8.62. The molecule has 5 heteroatoms. The van der Waals surface area contributed by atoms with Crippen LogP contribution in [0.15, 0.2) is 12.3 Å². The zero-order chi connectivity index (χ0) is 11.8. The first-order chi connectivity index (χ1) is 7.76. The SMILES string of the molecule is COC(=O)/C=C/N1CCC(OCCO)CC1. The highest BCUT2D eigenvalue weighted by atomic mass is 16.5. The summed E-state index contributed by atoms with van der Waals surface area (Å²) in [7, 11) is 1.36. The fourth-order valence-corrected chi connectivity index (χ4v) is 1.65. The van der Waals surface area contributed by atoms with E-state index in [0.717, 1.165) is 25.9 Å². The summed E-state index contributed by atoms with van der Waals surface area (Å²) in [6.45, 7) is 2.21. The van der Waals surface area contributed by atoms with Crippen molar-refractivity contribution < 1.29 is 19.4 Å². The summed E-state index contributed by atoms with van der Waals surface area (Å²) in [5.41, 5.74) is 0. The second-order valence-electron chi connectivity index (χ2n) is 3.67. The van der Waals surface area contributed by atoms with Crippen molar-refractivity contribution in [1.29, 1.82) is 0 Å². The average molecular weight is 229 g/mol. The Morgan fingerprint density at radius 2 is 2.19 bits per heavy atom. The van der Waals surface area contributed by atoms with E-state index in [0.29, 0.717) is 6.61 Å². The molecule has 0 aromatic rings. The second-order valence-corrected chi connectivity index (χ2v) is 3.67. The van der Waals surface area contributed by atoms with E-state index in [1.165, 1.54) is 13.2 Å². The first-order valence-corrected chi connectivity index (χ1v) is 5.49. The number of methoxy groups -OCH3 is 1. The van der Waals surface area contributed by atoms with Gasteiger partial charge in [0.25, 0.3) is 0 Å². The van der Waals surface area contributed by atoms with Gasteiger partial charge in [-0.15, -0.1) is 0 Å². The van der Waals surface area contributed by atoms with Crippen LogP contribution in [0.25, 0.3) is 0 Å². The molecule has 1 N–H and O–H groups in total. The van der Waals surface area contributed by atoms with Crippen molar-refractivity contribution in [2.45, 2.75) is 18.9 Å². The highest BCUT2D eigenvalue weighted by Crippen LogP contribution is 2.13. The number of ether oxygens (including phenoxy) is 2. The minimum Gasteiger partial charge on any atom is -0.466 e. The smallest absolute Gasteiger partial charge is 0.331 e. The molecule has 1 saturated heterocycles. The number of nitrogens with zero attached hydrogens (tertiary/aromatic N) is 1. The fraction of sp³-hybridized carbons (Fsp3) is 0.727. The van der Waals surface area contributed by atoms with E-state index < -0.39 is 0 Å². The Hall–Kier alpha value is -1.07. The number of piperidine rings is 1. The number of carbonyl (C=O) groups excluding carboxylic acids is 1. The third-order valence-corrected chi connectivity index (χ3v) is 2.54. The summed E-state index contributed by atoms with van der Waals surface area (Å²) in [4.78, 5) is 12.9. The highest BCUT2D eigenvalue weighted by Gasteiger charge is 2.17. The summed E-state index contributed by atoms with van der Waals surface area (Å²) in [6, 6.07) is 0. The molecule has 0 amide bonds. The molecule has 0 atom stereocenters.